The van der Waals surface area contributed by atoms with Gasteiger partial charge in [0.25, 0.3) is 10.0 Å². The first-order valence-electron chi connectivity index (χ1n) is 4.73. The second kappa shape index (κ2) is 5.88. The molecular weight excluding hydrogens is 306 g/mol. The molecule has 18 heavy (non-hydrogen) atoms. The molecule has 0 unspecified atom stereocenters. The summed E-state index contributed by atoms with van der Waals surface area (Å²) in [6.45, 7) is 0. The number of sulfonamides is 1. The van der Waals surface area contributed by atoms with Crippen molar-refractivity contribution < 1.29 is 27.9 Å². The molecule has 0 saturated carbocycles. The largest absolute Gasteiger partial charge is 2.00 e. The van der Waals surface area contributed by atoms with Crippen molar-refractivity contribution in [2.75, 3.05) is 10.5 Å². The number of aromatic nitrogens is 2. The fourth-order valence-electron chi connectivity index (χ4n) is 1.18. The van der Waals surface area contributed by atoms with E-state index in [2.05, 4.69) is 14.7 Å². The van der Waals surface area contributed by atoms with Gasteiger partial charge in [-0.2, -0.15) is 0 Å². The maximum atomic E-state index is 11.9. The van der Waals surface area contributed by atoms with E-state index in [4.69, 9.17) is 5.73 Å². The Bertz CT molecular complexity index is 602. The van der Waals surface area contributed by atoms with E-state index < -0.39 is 10.0 Å². The van der Waals surface area contributed by atoms with Crippen molar-refractivity contribution in [2.24, 2.45) is 0 Å². The van der Waals surface area contributed by atoms with Crippen LogP contribution in [0.3, 0.4) is 0 Å². The molecule has 0 aliphatic heterocycles. The quantitative estimate of drug-likeness (QED) is 0.646. The van der Waals surface area contributed by atoms with Crippen molar-refractivity contribution in [3.8, 4) is 0 Å². The molecule has 0 bridgehead atoms. The number of rotatable bonds is 3. The smallest absolute Gasteiger partial charge is 0.399 e. The van der Waals surface area contributed by atoms with Crippen LogP contribution >= 0.6 is 0 Å². The molecule has 3 N–H and O–H groups in total. The molecule has 0 fully saturated rings. The zero-order valence-corrected chi connectivity index (χ0v) is 13.2. The van der Waals surface area contributed by atoms with Gasteiger partial charge < -0.3 is 5.73 Å². The van der Waals surface area contributed by atoms with Crippen LogP contribution in [0.4, 0.5) is 11.6 Å². The fraction of sp³-hybridized carbons (Fsp3) is 0. The molecule has 1 aromatic carbocycles. The molecule has 0 radical (unpaired) electrons. The number of anilines is 2. The Morgan fingerprint density at radius 3 is 2.17 bits per heavy atom. The van der Waals surface area contributed by atoms with Gasteiger partial charge in [-0.3, -0.25) is 0 Å². The van der Waals surface area contributed by atoms with Gasteiger partial charge in [-0.25, -0.2) is 23.1 Å². The molecule has 88 valence electrons. The summed E-state index contributed by atoms with van der Waals surface area (Å²) in [7, 11) is -3.66. The van der Waals surface area contributed by atoms with E-state index in [0.29, 0.717) is 5.69 Å². The number of nitrogens with one attached hydrogen (secondary N) is 1. The fourth-order valence-corrected chi connectivity index (χ4v) is 2.14. The first kappa shape index (κ1) is 14.5. The minimum atomic E-state index is -3.66. The number of nitrogens with zero attached hydrogens (tertiary/aromatic N) is 2. The zero-order valence-electron chi connectivity index (χ0n) is 9.45. The summed E-state index contributed by atoms with van der Waals surface area (Å²) < 4.78 is 26.0. The zero-order chi connectivity index (χ0) is 12.3. The van der Waals surface area contributed by atoms with E-state index in [0.717, 1.165) is 0 Å². The number of nitrogens with two attached hydrogens (primary N) is 1. The molecule has 8 heteroatoms. The second-order valence-corrected chi connectivity index (χ2v) is 4.93. The molecule has 1 aromatic heterocycles. The maximum Gasteiger partial charge on any atom is 2.00 e. The van der Waals surface area contributed by atoms with Gasteiger partial charge in [0.1, 0.15) is 0 Å². The molecule has 0 amide bonds. The summed E-state index contributed by atoms with van der Waals surface area (Å²) in [5.74, 6) is 0.0318. The first-order valence-corrected chi connectivity index (χ1v) is 6.22. The Labute approximate surface area is 117 Å². The van der Waals surface area contributed by atoms with Crippen LogP contribution in [0.5, 0.6) is 0 Å². The predicted molar refractivity (Wildman–Crippen MR) is 63.7 cm³/mol. The van der Waals surface area contributed by atoms with Crippen molar-refractivity contribution in [1.82, 2.24) is 9.97 Å². The van der Waals surface area contributed by atoms with Gasteiger partial charge in [0.2, 0.25) is 5.95 Å². The minimum absolute atomic E-state index is 0. The Balaban J connectivity index is 0.00000162. The van der Waals surface area contributed by atoms with Crippen molar-refractivity contribution in [2.45, 2.75) is 4.90 Å². The van der Waals surface area contributed by atoms with Crippen molar-refractivity contribution >= 4 is 21.7 Å². The summed E-state index contributed by atoms with van der Waals surface area (Å²) >= 11 is 0. The van der Waals surface area contributed by atoms with Gasteiger partial charge in [0, 0.05) is 18.1 Å². The SMILES string of the molecule is Nc1ccc(S(=O)(=O)Nc2ncccn2)cc1.[Zn+2]. The van der Waals surface area contributed by atoms with Crippen molar-refractivity contribution in [3.05, 3.63) is 42.7 Å². The molecule has 0 aliphatic carbocycles. The van der Waals surface area contributed by atoms with Gasteiger partial charge in [-0.15, -0.1) is 0 Å². The summed E-state index contributed by atoms with van der Waals surface area (Å²) in [5.41, 5.74) is 5.98. The second-order valence-electron chi connectivity index (χ2n) is 3.25. The summed E-state index contributed by atoms with van der Waals surface area (Å²) in [4.78, 5) is 7.67. The van der Waals surface area contributed by atoms with E-state index >= 15 is 0 Å². The maximum absolute atomic E-state index is 11.9. The Morgan fingerprint density at radius 1 is 1.06 bits per heavy atom. The van der Waals surface area contributed by atoms with Crippen LogP contribution < -0.4 is 10.5 Å². The number of hydrogen-bond acceptors (Lipinski definition) is 5. The molecule has 0 saturated heterocycles. The first-order chi connectivity index (χ1) is 8.08. The Morgan fingerprint density at radius 2 is 1.61 bits per heavy atom. The van der Waals surface area contributed by atoms with Crippen LogP contribution in [0.1, 0.15) is 0 Å². The summed E-state index contributed by atoms with van der Waals surface area (Å²) in [5, 5.41) is 0. The third kappa shape index (κ3) is 3.48. The molecule has 2 rings (SSSR count). The normalized spacial score (nSPS) is 10.4. The minimum Gasteiger partial charge on any atom is -0.399 e. The van der Waals surface area contributed by atoms with E-state index in [1.54, 1.807) is 6.07 Å². The van der Waals surface area contributed by atoms with Gasteiger partial charge in [0.15, 0.2) is 0 Å². The van der Waals surface area contributed by atoms with Crippen molar-refractivity contribution in [1.29, 1.82) is 0 Å². The van der Waals surface area contributed by atoms with Crippen LogP contribution in [0.2, 0.25) is 0 Å². The third-order valence-electron chi connectivity index (χ3n) is 1.98. The Hall–Kier alpha value is -1.53. The molecule has 0 aliphatic rings. The summed E-state index contributed by atoms with van der Waals surface area (Å²) in [6.07, 6.45) is 2.90. The number of hydrogen-bond donors (Lipinski definition) is 2. The van der Waals surface area contributed by atoms with Gasteiger partial charge in [0.05, 0.1) is 4.90 Å². The van der Waals surface area contributed by atoms with Crippen LogP contribution in [-0.4, -0.2) is 18.4 Å². The van der Waals surface area contributed by atoms with Gasteiger partial charge in [-0.05, 0) is 30.3 Å². The number of nitrogen functional groups attached to an aromatic ring is 1. The van der Waals surface area contributed by atoms with Crippen LogP contribution in [0, 0.1) is 0 Å². The average molecular weight is 316 g/mol. The van der Waals surface area contributed by atoms with E-state index in [1.807, 2.05) is 0 Å². The van der Waals surface area contributed by atoms with E-state index in [1.165, 1.54) is 36.7 Å². The molecule has 0 spiro atoms. The molecule has 1 heterocycles. The Kier molecular flexibility index (Phi) is 4.75. The van der Waals surface area contributed by atoms with Gasteiger partial charge in [-0.1, -0.05) is 0 Å². The van der Waals surface area contributed by atoms with Crippen LogP contribution in [0.25, 0.3) is 0 Å². The van der Waals surface area contributed by atoms with Gasteiger partial charge >= 0.3 is 19.5 Å². The summed E-state index contributed by atoms with van der Waals surface area (Å²) in [6, 6.07) is 7.46. The topological polar surface area (TPSA) is 98.0 Å². The molecule has 2 aromatic rings. The molecular formula is C10H10N4O2SZn+2. The third-order valence-corrected chi connectivity index (χ3v) is 3.33. The molecule has 6 nitrogen and oxygen atoms in total. The monoisotopic (exact) mass is 314 g/mol. The number of benzene rings is 1. The van der Waals surface area contributed by atoms with Crippen molar-refractivity contribution in [3.63, 3.8) is 0 Å². The average Bonchev–Trinajstić information content (AvgIpc) is 2.30. The van der Waals surface area contributed by atoms with Crippen LogP contribution in [-0.2, 0) is 29.5 Å². The van der Waals surface area contributed by atoms with Crippen LogP contribution in [0.15, 0.2) is 47.6 Å². The standard InChI is InChI=1S/C10H10N4O2S.Zn/c11-8-2-4-9(5-3-8)17(15,16)14-10-12-6-1-7-13-10;/h1-7H,11H2,(H,12,13,14);/q;+2. The van der Waals surface area contributed by atoms with E-state index in [9.17, 15) is 8.42 Å². The van der Waals surface area contributed by atoms with E-state index in [-0.39, 0.29) is 30.3 Å². The molecule has 0 atom stereocenters. The predicted octanol–water partition coefficient (Wildman–Crippen LogP) is 0.857.